The molecule has 1 aliphatic carbocycles. The molecule has 0 saturated heterocycles. The summed E-state index contributed by atoms with van der Waals surface area (Å²) in [5, 5.41) is 11.8. The van der Waals surface area contributed by atoms with Gasteiger partial charge in [0.2, 0.25) is 0 Å². The molecule has 1 saturated carbocycles. The van der Waals surface area contributed by atoms with Gasteiger partial charge in [-0.25, -0.2) is 0 Å². The molecule has 4 N–H and O–H groups in total. The number of hydrogen-bond acceptors (Lipinski definition) is 5. The van der Waals surface area contributed by atoms with E-state index in [1.54, 1.807) is 0 Å². The van der Waals surface area contributed by atoms with E-state index in [-0.39, 0.29) is 6.54 Å². The van der Waals surface area contributed by atoms with Crippen LogP contribution < -0.4 is 11.1 Å². The summed E-state index contributed by atoms with van der Waals surface area (Å²) < 4.78 is 4.52. The zero-order valence-corrected chi connectivity index (χ0v) is 8.66. The lowest BCUT2D eigenvalue weighted by Gasteiger charge is -2.40. The van der Waals surface area contributed by atoms with Crippen LogP contribution in [0.1, 0.15) is 19.3 Å². The van der Waals surface area contributed by atoms with Gasteiger partial charge in [0, 0.05) is 6.54 Å². The van der Waals surface area contributed by atoms with Gasteiger partial charge in [-0.05, 0) is 19.3 Å². The summed E-state index contributed by atoms with van der Waals surface area (Å²) in [6.45, 7) is 0.0295. The molecular formula is C9H16N2O4. The Morgan fingerprint density at radius 3 is 2.47 bits per heavy atom. The number of ether oxygens (including phenoxy) is 1. The number of carboxylic acids is 1. The first-order chi connectivity index (χ1) is 7.05. The van der Waals surface area contributed by atoms with E-state index in [1.165, 1.54) is 7.11 Å². The number of carboxylic acid groups (broad SMARTS) is 1. The summed E-state index contributed by atoms with van der Waals surface area (Å²) in [6.07, 6.45) is 1.89. The van der Waals surface area contributed by atoms with Gasteiger partial charge in [-0.1, -0.05) is 0 Å². The molecule has 0 bridgehead atoms. The highest BCUT2D eigenvalue weighted by Gasteiger charge is 2.46. The highest BCUT2D eigenvalue weighted by molar-refractivity contribution is 5.82. The zero-order valence-electron chi connectivity index (χ0n) is 8.66. The van der Waals surface area contributed by atoms with E-state index in [0.29, 0.717) is 12.8 Å². The van der Waals surface area contributed by atoms with E-state index < -0.39 is 23.5 Å². The Morgan fingerprint density at radius 2 is 2.20 bits per heavy atom. The summed E-state index contributed by atoms with van der Waals surface area (Å²) in [4.78, 5) is 22.2. The second-order valence-electron chi connectivity index (χ2n) is 3.70. The maximum absolute atomic E-state index is 11.2. The molecular weight excluding hydrogens is 200 g/mol. The maximum atomic E-state index is 11.2. The van der Waals surface area contributed by atoms with Crippen molar-refractivity contribution in [2.75, 3.05) is 13.7 Å². The predicted molar refractivity (Wildman–Crippen MR) is 52.2 cm³/mol. The lowest BCUT2D eigenvalue weighted by Crippen LogP contribution is -2.63. The lowest BCUT2D eigenvalue weighted by atomic mass is 9.76. The van der Waals surface area contributed by atoms with Gasteiger partial charge in [0.15, 0.2) is 0 Å². The molecule has 0 aromatic heterocycles. The average Bonchev–Trinajstić information content (AvgIpc) is 2.15. The predicted octanol–water partition coefficient (Wildman–Crippen LogP) is -0.916. The number of aliphatic carboxylic acids is 1. The highest BCUT2D eigenvalue weighted by atomic mass is 16.5. The SMILES string of the molecule is COC(=O)C(CN)NC1(C(=O)O)CCC1. The smallest absolute Gasteiger partial charge is 0.324 e. The number of rotatable bonds is 5. The van der Waals surface area contributed by atoms with E-state index in [9.17, 15) is 9.59 Å². The fraction of sp³-hybridized carbons (Fsp3) is 0.778. The maximum Gasteiger partial charge on any atom is 0.324 e. The number of carbonyl (C=O) groups is 2. The molecule has 1 unspecified atom stereocenters. The number of nitrogens with two attached hydrogens (primary N) is 1. The molecule has 6 nitrogen and oxygen atoms in total. The van der Waals surface area contributed by atoms with Crippen LogP contribution in [0.5, 0.6) is 0 Å². The van der Waals surface area contributed by atoms with Gasteiger partial charge in [0.1, 0.15) is 11.6 Å². The molecule has 86 valence electrons. The summed E-state index contributed by atoms with van der Waals surface area (Å²) >= 11 is 0. The van der Waals surface area contributed by atoms with Gasteiger partial charge < -0.3 is 15.6 Å². The van der Waals surface area contributed by atoms with E-state index in [2.05, 4.69) is 10.1 Å². The van der Waals surface area contributed by atoms with Gasteiger partial charge in [-0.3, -0.25) is 14.9 Å². The molecule has 0 heterocycles. The van der Waals surface area contributed by atoms with Crippen LogP contribution in [-0.2, 0) is 14.3 Å². The molecule has 1 atom stereocenters. The van der Waals surface area contributed by atoms with Crippen LogP contribution in [0.25, 0.3) is 0 Å². The number of hydrogen-bond donors (Lipinski definition) is 3. The third kappa shape index (κ3) is 2.27. The van der Waals surface area contributed by atoms with E-state index in [0.717, 1.165) is 6.42 Å². The standard InChI is InChI=1S/C9H16N2O4/c1-15-7(12)6(5-10)11-9(8(13)14)3-2-4-9/h6,11H,2-5,10H2,1H3,(H,13,14). The topological polar surface area (TPSA) is 102 Å². The third-order valence-corrected chi connectivity index (χ3v) is 2.79. The van der Waals surface area contributed by atoms with Gasteiger partial charge >= 0.3 is 11.9 Å². The van der Waals surface area contributed by atoms with E-state index >= 15 is 0 Å². The summed E-state index contributed by atoms with van der Waals surface area (Å²) in [6, 6.07) is -0.744. The molecule has 0 aliphatic heterocycles. The molecule has 6 heteroatoms. The Bertz CT molecular complexity index is 263. The minimum Gasteiger partial charge on any atom is -0.480 e. The van der Waals surface area contributed by atoms with Crippen LogP contribution >= 0.6 is 0 Å². The Balaban J connectivity index is 2.64. The van der Waals surface area contributed by atoms with Crippen molar-refractivity contribution in [2.24, 2.45) is 5.73 Å². The van der Waals surface area contributed by atoms with Crippen LogP contribution in [0.3, 0.4) is 0 Å². The fourth-order valence-corrected chi connectivity index (χ4v) is 1.64. The highest BCUT2D eigenvalue weighted by Crippen LogP contribution is 2.32. The second-order valence-corrected chi connectivity index (χ2v) is 3.70. The number of esters is 1. The van der Waals surface area contributed by atoms with E-state index in [1.807, 2.05) is 0 Å². The molecule has 0 amide bonds. The van der Waals surface area contributed by atoms with E-state index in [4.69, 9.17) is 10.8 Å². The van der Waals surface area contributed by atoms with Crippen LogP contribution in [0.2, 0.25) is 0 Å². The first kappa shape index (κ1) is 11.9. The average molecular weight is 216 g/mol. The van der Waals surface area contributed by atoms with Crippen molar-refractivity contribution >= 4 is 11.9 Å². The minimum atomic E-state index is -0.988. The first-order valence-electron chi connectivity index (χ1n) is 4.85. The third-order valence-electron chi connectivity index (χ3n) is 2.79. The Kier molecular flexibility index (Phi) is 3.65. The second kappa shape index (κ2) is 4.59. The van der Waals surface area contributed by atoms with Crippen molar-refractivity contribution in [1.29, 1.82) is 0 Å². The minimum absolute atomic E-state index is 0.0295. The number of nitrogens with one attached hydrogen (secondary N) is 1. The van der Waals surface area contributed by atoms with Crippen molar-refractivity contribution in [2.45, 2.75) is 30.8 Å². The van der Waals surface area contributed by atoms with Crippen molar-refractivity contribution < 1.29 is 19.4 Å². The van der Waals surface area contributed by atoms with Crippen molar-refractivity contribution in [3.8, 4) is 0 Å². The number of carbonyl (C=O) groups excluding carboxylic acids is 1. The van der Waals surface area contributed by atoms with Crippen molar-refractivity contribution in [3.63, 3.8) is 0 Å². The molecule has 1 aliphatic rings. The van der Waals surface area contributed by atoms with Gasteiger partial charge in [-0.15, -0.1) is 0 Å². The van der Waals surface area contributed by atoms with Crippen molar-refractivity contribution in [1.82, 2.24) is 5.32 Å². The van der Waals surface area contributed by atoms with Crippen LogP contribution in [0.4, 0.5) is 0 Å². The van der Waals surface area contributed by atoms with Gasteiger partial charge in [0.05, 0.1) is 7.11 Å². The van der Waals surface area contributed by atoms with Crippen LogP contribution in [0, 0.1) is 0 Å². The summed E-state index contributed by atoms with van der Waals surface area (Å²) in [5.74, 6) is -1.46. The van der Waals surface area contributed by atoms with Crippen LogP contribution in [0.15, 0.2) is 0 Å². The molecule has 15 heavy (non-hydrogen) atoms. The fourth-order valence-electron chi connectivity index (χ4n) is 1.64. The molecule has 0 aromatic carbocycles. The Morgan fingerprint density at radius 1 is 1.60 bits per heavy atom. The quantitative estimate of drug-likeness (QED) is 0.514. The molecule has 1 rings (SSSR count). The van der Waals surface area contributed by atoms with Crippen molar-refractivity contribution in [3.05, 3.63) is 0 Å². The first-order valence-corrected chi connectivity index (χ1v) is 4.85. The summed E-state index contributed by atoms with van der Waals surface area (Å²) in [5.41, 5.74) is 4.39. The molecule has 0 spiro atoms. The summed E-state index contributed by atoms with van der Waals surface area (Å²) in [7, 11) is 1.25. The van der Waals surface area contributed by atoms with Gasteiger partial charge in [-0.2, -0.15) is 0 Å². The van der Waals surface area contributed by atoms with Gasteiger partial charge in [0.25, 0.3) is 0 Å². The zero-order chi connectivity index (χ0) is 11.5. The largest absolute Gasteiger partial charge is 0.480 e. The molecule has 1 fully saturated rings. The lowest BCUT2D eigenvalue weighted by molar-refractivity contribution is -0.152. The monoisotopic (exact) mass is 216 g/mol. The van der Waals surface area contributed by atoms with Crippen LogP contribution in [-0.4, -0.2) is 42.3 Å². The Labute approximate surface area is 87.8 Å². The Hall–Kier alpha value is -1.14. The molecule has 0 aromatic rings. The normalized spacial score (nSPS) is 20.1. The molecule has 0 radical (unpaired) electrons. The number of methoxy groups -OCH3 is 1.